The van der Waals surface area contributed by atoms with Crippen LogP contribution >= 0.6 is 0 Å². The summed E-state index contributed by atoms with van der Waals surface area (Å²) < 4.78 is 0. The number of benzene rings is 1. The second-order valence-electron chi connectivity index (χ2n) is 6.27. The van der Waals surface area contributed by atoms with Crippen LogP contribution < -0.4 is 10.6 Å². The molecule has 2 N–H and O–H groups in total. The van der Waals surface area contributed by atoms with Gasteiger partial charge >= 0.3 is 0 Å². The van der Waals surface area contributed by atoms with Gasteiger partial charge < -0.3 is 15.5 Å². The summed E-state index contributed by atoms with van der Waals surface area (Å²) >= 11 is 0. The van der Waals surface area contributed by atoms with Crippen LogP contribution in [0, 0.1) is 0 Å². The van der Waals surface area contributed by atoms with E-state index in [1.807, 2.05) is 56.7 Å². The Hall–Kier alpha value is -2.99. The SMILES string of the molecule is CN(C)CCNc1nc(NCc2cccnc2)cc(-c2ccccc2)n1. The minimum Gasteiger partial charge on any atom is -0.366 e. The van der Waals surface area contributed by atoms with Gasteiger partial charge in [-0.1, -0.05) is 36.4 Å². The summed E-state index contributed by atoms with van der Waals surface area (Å²) in [7, 11) is 4.09. The Morgan fingerprint density at radius 2 is 1.81 bits per heavy atom. The van der Waals surface area contributed by atoms with Crippen molar-refractivity contribution in [3.8, 4) is 11.3 Å². The lowest BCUT2D eigenvalue weighted by molar-refractivity contribution is 0.425. The Kier molecular flexibility index (Phi) is 6.11. The first-order valence-electron chi connectivity index (χ1n) is 8.66. The van der Waals surface area contributed by atoms with Crippen LogP contribution in [0.5, 0.6) is 0 Å². The number of hydrogen-bond donors (Lipinski definition) is 2. The molecule has 0 aliphatic heterocycles. The number of rotatable bonds is 8. The first-order chi connectivity index (χ1) is 12.7. The summed E-state index contributed by atoms with van der Waals surface area (Å²) in [5.74, 6) is 1.41. The van der Waals surface area contributed by atoms with Crippen molar-refractivity contribution < 1.29 is 0 Å². The number of hydrogen-bond acceptors (Lipinski definition) is 6. The highest BCUT2D eigenvalue weighted by atomic mass is 15.2. The average molecular weight is 348 g/mol. The van der Waals surface area contributed by atoms with Crippen molar-refractivity contribution in [1.82, 2.24) is 19.9 Å². The van der Waals surface area contributed by atoms with Crippen molar-refractivity contribution >= 4 is 11.8 Å². The molecule has 0 aliphatic carbocycles. The molecular weight excluding hydrogens is 324 g/mol. The van der Waals surface area contributed by atoms with Crippen LogP contribution in [-0.2, 0) is 6.54 Å². The number of likely N-dealkylation sites (N-methyl/N-ethyl adjacent to an activating group) is 1. The van der Waals surface area contributed by atoms with Crippen molar-refractivity contribution in [1.29, 1.82) is 0 Å². The fourth-order valence-electron chi connectivity index (χ4n) is 2.46. The molecule has 0 atom stereocenters. The molecular formula is C20H24N6. The van der Waals surface area contributed by atoms with Gasteiger partial charge in [0.1, 0.15) is 5.82 Å². The largest absolute Gasteiger partial charge is 0.366 e. The van der Waals surface area contributed by atoms with E-state index in [0.717, 1.165) is 35.7 Å². The molecule has 6 nitrogen and oxygen atoms in total. The van der Waals surface area contributed by atoms with E-state index in [4.69, 9.17) is 0 Å². The first-order valence-corrected chi connectivity index (χ1v) is 8.66. The predicted octanol–water partition coefficient (Wildman–Crippen LogP) is 3.12. The summed E-state index contributed by atoms with van der Waals surface area (Å²) in [5.41, 5.74) is 3.06. The maximum atomic E-state index is 4.66. The fourth-order valence-corrected chi connectivity index (χ4v) is 2.46. The molecule has 0 radical (unpaired) electrons. The van der Waals surface area contributed by atoms with E-state index in [1.54, 1.807) is 6.20 Å². The third-order valence-electron chi connectivity index (χ3n) is 3.83. The Morgan fingerprint density at radius 3 is 2.54 bits per heavy atom. The van der Waals surface area contributed by atoms with Gasteiger partial charge in [0.05, 0.1) is 5.69 Å². The Morgan fingerprint density at radius 1 is 0.962 bits per heavy atom. The van der Waals surface area contributed by atoms with Crippen LogP contribution in [0.1, 0.15) is 5.56 Å². The lowest BCUT2D eigenvalue weighted by atomic mass is 10.1. The normalized spacial score (nSPS) is 10.7. The molecule has 3 rings (SSSR count). The maximum Gasteiger partial charge on any atom is 0.225 e. The standard InChI is InChI=1S/C20H24N6/c1-26(2)12-11-22-20-24-18(17-8-4-3-5-9-17)13-19(25-20)23-15-16-7-6-10-21-14-16/h3-10,13-14H,11-12,15H2,1-2H3,(H2,22,23,24,25). The van der Waals surface area contributed by atoms with E-state index in [1.165, 1.54) is 0 Å². The van der Waals surface area contributed by atoms with Crippen LogP contribution in [-0.4, -0.2) is 47.0 Å². The summed E-state index contributed by atoms with van der Waals surface area (Å²) in [5, 5.41) is 6.68. The zero-order valence-electron chi connectivity index (χ0n) is 15.2. The Labute approximate surface area is 154 Å². The van der Waals surface area contributed by atoms with Crippen LogP contribution in [0.3, 0.4) is 0 Å². The highest BCUT2D eigenvalue weighted by Gasteiger charge is 2.07. The number of anilines is 2. The van der Waals surface area contributed by atoms with Gasteiger partial charge in [0.2, 0.25) is 5.95 Å². The molecule has 134 valence electrons. The molecule has 6 heteroatoms. The van der Waals surface area contributed by atoms with Gasteiger partial charge in [-0.2, -0.15) is 4.98 Å². The van der Waals surface area contributed by atoms with Gasteiger partial charge in [-0.25, -0.2) is 4.98 Å². The summed E-state index contributed by atoms with van der Waals surface area (Å²) in [4.78, 5) is 15.5. The molecule has 3 aromatic rings. The van der Waals surface area contributed by atoms with Gasteiger partial charge in [0.25, 0.3) is 0 Å². The van der Waals surface area contributed by atoms with Crippen molar-refractivity contribution in [2.45, 2.75) is 6.54 Å². The molecule has 0 bridgehead atoms. The van der Waals surface area contributed by atoms with E-state index in [2.05, 4.69) is 42.6 Å². The second kappa shape index (κ2) is 8.92. The van der Waals surface area contributed by atoms with Crippen LogP contribution in [0.4, 0.5) is 11.8 Å². The van der Waals surface area contributed by atoms with E-state index in [9.17, 15) is 0 Å². The minimum atomic E-state index is 0.627. The molecule has 2 aromatic heterocycles. The second-order valence-corrected chi connectivity index (χ2v) is 6.27. The van der Waals surface area contributed by atoms with Crippen molar-refractivity contribution in [2.24, 2.45) is 0 Å². The third-order valence-corrected chi connectivity index (χ3v) is 3.83. The number of nitrogens with zero attached hydrogens (tertiary/aromatic N) is 4. The summed E-state index contributed by atoms with van der Waals surface area (Å²) in [6.07, 6.45) is 3.62. The van der Waals surface area contributed by atoms with Gasteiger partial charge in [-0.15, -0.1) is 0 Å². The lowest BCUT2D eigenvalue weighted by Gasteiger charge is -2.13. The molecule has 0 saturated carbocycles. The molecule has 26 heavy (non-hydrogen) atoms. The number of pyridine rings is 1. The summed E-state index contributed by atoms with van der Waals surface area (Å²) in [6.45, 7) is 2.36. The van der Waals surface area contributed by atoms with E-state index >= 15 is 0 Å². The number of aromatic nitrogens is 3. The maximum absolute atomic E-state index is 4.66. The van der Waals surface area contributed by atoms with Crippen molar-refractivity contribution in [3.63, 3.8) is 0 Å². The summed E-state index contributed by atoms with van der Waals surface area (Å²) in [6, 6.07) is 16.1. The van der Waals surface area contributed by atoms with E-state index < -0.39 is 0 Å². The number of nitrogens with one attached hydrogen (secondary N) is 2. The molecule has 0 spiro atoms. The smallest absolute Gasteiger partial charge is 0.225 e. The Balaban J connectivity index is 1.80. The van der Waals surface area contributed by atoms with Gasteiger partial charge in [0.15, 0.2) is 0 Å². The molecule has 0 amide bonds. The molecule has 0 saturated heterocycles. The van der Waals surface area contributed by atoms with Gasteiger partial charge in [0, 0.05) is 43.7 Å². The van der Waals surface area contributed by atoms with Crippen LogP contribution in [0.25, 0.3) is 11.3 Å². The third kappa shape index (κ3) is 5.26. The Bertz CT molecular complexity index is 805. The fraction of sp³-hybridized carbons (Fsp3) is 0.250. The molecule has 0 aliphatic rings. The van der Waals surface area contributed by atoms with Crippen LogP contribution in [0.15, 0.2) is 60.9 Å². The topological polar surface area (TPSA) is 66.0 Å². The highest BCUT2D eigenvalue weighted by molar-refractivity contribution is 5.64. The zero-order chi connectivity index (χ0) is 18.2. The minimum absolute atomic E-state index is 0.627. The average Bonchev–Trinajstić information content (AvgIpc) is 2.67. The molecule has 0 fully saturated rings. The first kappa shape index (κ1) is 17.8. The predicted molar refractivity (Wildman–Crippen MR) is 106 cm³/mol. The van der Waals surface area contributed by atoms with Gasteiger partial charge in [-0.3, -0.25) is 4.98 Å². The van der Waals surface area contributed by atoms with Crippen molar-refractivity contribution in [3.05, 3.63) is 66.5 Å². The highest BCUT2D eigenvalue weighted by Crippen LogP contribution is 2.21. The van der Waals surface area contributed by atoms with Crippen LogP contribution in [0.2, 0.25) is 0 Å². The molecule has 2 heterocycles. The van der Waals surface area contributed by atoms with Gasteiger partial charge in [-0.05, 0) is 25.7 Å². The monoisotopic (exact) mass is 348 g/mol. The van der Waals surface area contributed by atoms with E-state index in [0.29, 0.717) is 12.5 Å². The zero-order valence-corrected chi connectivity index (χ0v) is 15.2. The quantitative estimate of drug-likeness (QED) is 0.652. The molecule has 1 aromatic carbocycles. The lowest BCUT2D eigenvalue weighted by Crippen LogP contribution is -2.21. The van der Waals surface area contributed by atoms with Crippen molar-refractivity contribution in [2.75, 3.05) is 37.8 Å². The molecule has 0 unspecified atom stereocenters. The van der Waals surface area contributed by atoms with E-state index in [-0.39, 0.29) is 0 Å².